The Kier molecular flexibility index (Phi) is 9.97. The predicted molar refractivity (Wildman–Crippen MR) is 98.8 cm³/mol. The average Bonchev–Trinajstić information content (AvgIpc) is 2.64. The van der Waals surface area contributed by atoms with Crippen LogP contribution in [0.3, 0.4) is 0 Å². The molecule has 2 unspecified atom stereocenters. The molecule has 0 heterocycles. The van der Waals surface area contributed by atoms with Gasteiger partial charge in [0.1, 0.15) is 0 Å². The number of hydrogen-bond acceptors (Lipinski definition) is 6. The van der Waals surface area contributed by atoms with E-state index in [9.17, 15) is 19.7 Å². The molecule has 8 heteroatoms. The lowest BCUT2D eigenvalue weighted by molar-refractivity contribution is -0.0619. The van der Waals surface area contributed by atoms with Crippen LogP contribution in [-0.4, -0.2) is 48.1 Å². The lowest BCUT2D eigenvalue weighted by Crippen LogP contribution is -2.39. The van der Waals surface area contributed by atoms with Crippen molar-refractivity contribution < 1.29 is 33.5 Å². The summed E-state index contributed by atoms with van der Waals surface area (Å²) < 4.78 is 26.7. The number of hydrogen-bond donors (Lipinski definition) is 3. The molecular weight excluding hydrogens is 359 g/mol. The van der Waals surface area contributed by atoms with Gasteiger partial charge in [-0.15, -0.1) is 0 Å². The smallest absolute Gasteiger partial charge is 0.396 e. The fourth-order valence-corrected chi connectivity index (χ4v) is 3.09. The SMILES string of the molecule is CCOP(=O)(O)OCC(CO)(CO)COCc1ccc(C(C)CC)cc1. The summed E-state index contributed by atoms with van der Waals surface area (Å²) in [7, 11) is -4.20. The van der Waals surface area contributed by atoms with E-state index in [2.05, 4.69) is 30.5 Å². The molecular formula is C18H31O7P. The molecule has 0 radical (unpaired) electrons. The van der Waals surface area contributed by atoms with Crippen LogP contribution >= 0.6 is 7.82 Å². The molecule has 1 aromatic carbocycles. The lowest BCUT2D eigenvalue weighted by atomic mass is 9.92. The molecule has 1 aromatic rings. The van der Waals surface area contributed by atoms with E-state index in [-0.39, 0.29) is 19.8 Å². The summed E-state index contributed by atoms with van der Waals surface area (Å²) in [4.78, 5) is 9.47. The first kappa shape index (κ1) is 23.2. The molecule has 150 valence electrons. The van der Waals surface area contributed by atoms with Crippen molar-refractivity contribution in [3.8, 4) is 0 Å². The van der Waals surface area contributed by atoms with Crippen molar-refractivity contribution in [2.45, 2.75) is 39.7 Å². The van der Waals surface area contributed by atoms with Gasteiger partial charge in [-0.1, -0.05) is 38.1 Å². The second kappa shape index (κ2) is 11.1. The molecule has 1 rings (SSSR count). The van der Waals surface area contributed by atoms with Crippen molar-refractivity contribution in [2.75, 3.05) is 33.0 Å². The highest BCUT2D eigenvalue weighted by atomic mass is 31.2. The van der Waals surface area contributed by atoms with Gasteiger partial charge in [-0.05, 0) is 30.4 Å². The van der Waals surface area contributed by atoms with Crippen molar-refractivity contribution in [3.63, 3.8) is 0 Å². The minimum absolute atomic E-state index is 0.0160. The third kappa shape index (κ3) is 7.45. The largest absolute Gasteiger partial charge is 0.472 e. The van der Waals surface area contributed by atoms with E-state index in [4.69, 9.17) is 9.26 Å². The van der Waals surface area contributed by atoms with Gasteiger partial charge >= 0.3 is 7.82 Å². The number of rotatable bonds is 13. The number of benzene rings is 1. The van der Waals surface area contributed by atoms with Gasteiger partial charge in [0.2, 0.25) is 0 Å². The molecule has 2 atom stereocenters. The van der Waals surface area contributed by atoms with Crippen LogP contribution in [0.25, 0.3) is 0 Å². The van der Waals surface area contributed by atoms with Crippen molar-refractivity contribution in [1.82, 2.24) is 0 Å². The molecule has 0 fully saturated rings. The maximum atomic E-state index is 11.6. The molecule has 0 aromatic heterocycles. The highest BCUT2D eigenvalue weighted by molar-refractivity contribution is 7.47. The second-order valence-electron chi connectivity index (χ2n) is 6.52. The minimum atomic E-state index is -4.20. The minimum Gasteiger partial charge on any atom is -0.396 e. The summed E-state index contributed by atoms with van der Waals surface area (Å²) in [5.41, 5.74) is 1.04. The topological polar surface area (TPSA) is 105 Å². The second-order valence-corrected chi connectivity index (χ2v) is 7.97. The van der Waals surface area contributed by atoms with Crippen LogP contribution in [0, 0.1) is 5.41 Å². The zero-order valence-electron chi connectivity index (χ0n) is 15.8. The normalized spacial score (nSPS) is 15.6. The highest BCUT2D eigenvalue weighted by Crippen LogP contribution is 2.44. The Labute approximate surface area is 155 Å². The molecule has 7 nitrogen and oxygen atoms in total. The maximum absolute atomic E-state index is 11.6. The summed E-state index contributed by atoms with van der Waals surface area (Å²) in [6.07, 6.45) is 1.07. The van der Waals surface area contributed by atoms with Crippen molar-refractivity contribution in [3.05, 3.63) is 35.4 Å². The van der Waals surface area contributed by atoms with Gasteiger partial charge in [0.25, 0.3) is 0 Å². The van der Waals surface area contributed by atoms with Gasteiger partial charge in [-0.25, -0.2) is 4.57 Å². The molecule has 0 amide bonds. The monoisotopic (exact) mass is 390 g/mol. The fourth-order valence-electron chi connectivity index (χ4n) is 2.26. The standard InChI is InChI=1S/C18H31O7P/c1-4-15(3)17-8-6-16(7-9-17)10-23-13-18(11-19,12-20)14-25-26(21,22)24-5-2/h6-9,15,19-20H,4-5,10-14H2,1-3H3,(H,21,22). The van der Waals surface area contributed by atoms with E-state index < -0.39 is 26.5 Å². The third-order valence-corrected chi connectivity index (χ3v) is 5.37. The number of ether oxygens (including phenoxy) is 1. The number of phosphoric acid groups is 1. The Morgan fingerprint density at radius 1 is 1.08 bits per heavy atom. The lowest BCUT2D eigenvalue weighted by Gasteiger charge is -2.29. The van der Waals surface area contributed by atoms with Crippen LogP contribution in [0.1, 0.15) is 44.2 Å². The zero-order valence-corrected chi connectivity index (χ0v) is 16.7. The van der Waals surface area contributed by atoms with E-state index in [1.54, 1.807) is 6.92 Å². The quantitative estimate of drug-likeness (QED) is 0.445. The number of phosphoric ester groups is 1. The van der Waals surface area contributed by atoms with Gasteiger partial charge in [0.15, 0.2) is 0 Å². The molecule has 3 N–H and O–H groups in total. The summed E-state index contributed by atoms with van der Waals surface area (Å²) in [5, 5.41) is 19.2. The third-order valence-electron chi connectivity index (χ3n) is 4.34. The molecule has 0 saturated heterocycles. The average molecular weight is 390 g/mol. The molecule has 0 saturated carbocycles. The molecule has 0 aliphatic carbocycles. The Bertz CT molecular complexity index is 557. The fraction of sp³-hybridized carbons (Fsp3) is 0.667. The van der Waals surface area contributed by atoms with Gasteiger partial charge in [0.05, 0.1) is 45.1 Å². The van der Waals surface area contributed by atoms with Crippen molar-refractivity contribution in [1.29, 1.82) is 0 Å². The predicted octanol–water partition coefficient (Wildman–Crippen LogP) is 2.84. The van der Waals surface area contributed by atoms with Crippen LogP contribution < -0.4 is 0 Å². The van der Waals surface area contributed by atoms with Gasteiger partial charge in [0, 0.05) is 0 Å². The molecule has 0 bridgehead atoms. The molecule has 0 spiro atoms. The summed E-state index contributed by atoms with van der Waals surface area (Å²) in [6, 6.07) is 8.08. The Morgan fingerprint density at radius 2 is 1.69 bits per heavy atom. The Morgan fingerprint density at radius 3 is 2.19 bits per heavy atom. The number of aliphatic hydroxyl groups excluding tert-OH is 2. The van der Waals surface area contributed by atoms with E-state index in [1.807, 2.05) is 12.1 Å². The van der Waals surface area contributed by atoms with Gasteiger partial charge in [-0.3, -0.25) is 9.05 Å². The first-order valence-electron chi connectivity index (χ1n) is 8.81. The maximum Gasteiger partial charge on any atom is 0.472 e. The first-order chi connectivity index (χ1) is 12.3. The van der Waals surface area contributed by atoms with E-state index in [0.29, 0.717) is 12.5 Å². The van der Waals surface area contributed by atoms with E-state index in [0.717, 1.165) is 12.0 Å². The van der Waals surface area contributed by atoms with Crippen LogP contribution in [0.5, 0.6) is 0 Å². The summed E-state index contributed by atoms with van der Waals surface area (Å²) in [6.45, 7) is 4.89. The van der Waals surface area contributed by atoms with E-state index >= 15 is 0 Å². The summed E-state index contributed by atoms with van der Waals surface area (Å²) in [5.74, 6) is 0.498. The van der Waals surface area contributed by atoms with Crippen LogP contribution in [0.15, 0.2) is 24.3 Å². The molecule has 0 aliphatic rings. The Hall–Kier alpha value is -0.790. The highest BCUT2D eigenvalue weighted by Gasteiger charge is 2.34. The van der Waals surface area contributed by atoms with Crippen LogP contribution in [-0.2, 0) is 25.0 Å². The van der Waals surface area contributed by atoms with Crippen LogP contribution in [0.4, 0.5) is 0 Å². The first-order valence-corrected chi connectivity index (χ1v) is 10.3. The van der Waals surface area contributed by atoms with Crippen LogP contribution in [0.2, 0.25) is 0 Å². The molecule has 0 aliphatic heterocycles. The summed E-state index contributed by atoms with van der Waals surface area (Å²) >= 11 is 0. The van der Waals surface area contributed by atoms with Crippen molar-refractivity contribution in [2.24, 2.45) is 5.41 Å². The number of aliphatic hydroxyl groups is 2. The van der Waals surface area contributed by atoms with Gasteiger partial charge in [-0.2, -0.15) is 0 Å². The van der Waals surface area contributed by atoms with E-state index in [1.165, 1.54) is 5.56 Å². The van der Waals surface area contributed by atoms with Gasteiger partial charge < -0.3 is 19.8 Å². The van der Waals surface area contributed by atoms with Crippen molar-refractivity contribution >= 4 is 7.82 Å². The molecule has 26 heavy (non-hydrogen) atoms. The Balaban J connectivity index is 2.58. The zero-order chi connectivity index (χ0) is 19.6.